The summed E-state index contributed by atoms with van der Waals surface area (Å²) in [5.74, 6) is 0.388. The number of likely N-dealkylation sites (tertiary alicyclic amines) is 1. The Morgan fingerprint density at radius 2 is 2.03 bits per heavy atom. The molecular formula is C22H40N5O3+. The van der Waals surface area contributed by atoms with Crippen molar-refractivity contribution in [3.8, 4) is 0 Å². The molecule has 170 valence electrons. The van der Waals surface area contributed by atoms with E-state index in [1.54, 1.807) is 14.2 Å². The molecule has 0 radical (unpaired) electrons. The molecule has 8 heteroatoms. The summed E-state index contributed by atoms with van der Waals surface area (Å²) < 4.78 is 5.51. The van der Waals surface area contributed by atoms with Gasteiger partial charge in [0.05, 0.1) is 18.8 Å². The highest BCUT2D eigenvalue weighted by Crippen LogP contribution is 2.31. The minimum absolute atomic E-state index is 0.0167. The number of carbonyl (C=O) groups excluding carboxylic acids is 2. The van der Waals surface area contributed by atoms with E-state index in [4.69, 9.17) is 10.5 Å². The van der Waals surface area contributed by atoms with E-state index in [0.717, 1.165) is 51.6 Å². The lowest BCUT2D eigenvalue weighted by Gasteiger charge is -2.52. The third-order valence-electron chi connectivity index (χ3n) is 8.20. The lowest BCUT2D eigenvalue weighted by atomic mass is 9.79. The molecule has 6 atom stereocenters. The van der Waals surface area contributed by atoms with E-state index in [9.17, 15) is 9.59 Å². The Morgan fingerprint density at radius 1 is 1.27 bits per heavy atom. The number of carbonyl (C=O) groups is 2. The number of piperidine rings is 2. The maximum absolute atomic E-state index is 13.4. The van der Waals surface area contributed by atoms with Gasteiger partial charge in [-0.25, -0.2) is 5.32 Å². The molecule has 3 heterocycles. The van der Waals surface area contributed by atoms with Gasteiger partial charge in [0.1, 0.15) is 11.8 Å². The molecule has 3 saturated heterocycles. The normalized spacial score (nSPS) is 41.7. The number of quaternary nitrogens is 1. The van der Waals surface area contributed by atoms with Crippen molar-refractivity contribution >= 4 is 11.8 Å². The number of methoxy groups -OCH3 is 1. The van der Waals surface area contributed by atoms with E-state index in [0.29, 0.717) is 18.4 Å². The summed E-state index contributed by atoms with van der Waals surface area (Å²) >= 11 is 0. The van der Waals surface area contributed by atoms with Crippen molar-refractivity contribution in [2.45, 2.75) is 82.4 Å². The van der Waals surface area contributed by atoms with Crippen molar-refractivity contribution in [3.63, 3.8) is 0 Å². The summed E-state index contributed by atoms with van der Waals surface area (Å²) in [4.78, 5) is 29.2. The fourth-order valence-electron chi connectivity index (χ4n) is 6.34. The highest BCUT2D eigenvalue weighted by Gasteiger charge is 2.55. The van der Waals surface area contributed by atoms with Gasteiger partial charge in [0, 0.05) is 20.7 Å². The van der Waals surface area contributed by atoms with E-state index in [2.05, 4.69) is 10.6 Å². The molecule has 0 bridgehead atoms. The van der Waals surface area contributed by atoms with E-state index >= 15 is 0 Å². The predicted octanol–water partition coefficient (Wildman–Crippen LogP) is -0.599. The Hall–Kier alpha value is -1.22. The zero-order chi connectivity index (χ0) is 21.3. The van der Waals surface area contributed by atoms with Crippen LogP contribution in [0.25, 0.3) is 0 Å². The zero-order valence-electron chi connectivity index (χ0n) is 18.6. The van der Waals surface area contributed by atoms with Crippen molar-refractivity contribution in [1.82, 2.24) is 15.5 Å². The van der Waals surface area contributed by atoms with Gasteiger partial charge in [0.25, 0.3) is 0 Å². The number of ether oxygens (including phenoxy) is 1. The van der Waals surface area contributed by atoms with Crippen LogP contribution in [0.4, 0.5) is 0 Å². The minimum atomic E-state index is -0.317. The molecule has 4 rings (SSSR count). The van der Waals surface area contributed by atoms with Crippen LogP contribution < -0.4 is 21.3 Å². The van der Waals surface area contributed by atoms with Crippen molar-refractivity contribution in [3.05, 3.63) is 0 Å². The van der Waals surface area contributed by atoms with Crippen LogP contribution in [0.3, 0.4) is 0 Å². The molecule has 6 unspecified atom stereocenters. The molecular weight excluding hydrogens is 382 g/mol. The van der Waals surface area contributed by atoms with Crippen LogP contribution in [0.1, 0.15) is 57.8 Å². The summed E-state index contributed by atoms with van der Waals surface area (Å²) in [5, 5.41) is 6.56. The summed E-state index contributed by atoms with van der Waals surface area (Å²) in [6.07, 6.45) is 9.78. The first-order valence-corrected chi connectivity index (χ1v) is 12.0. The van der Waals surface area contributed by atoms with Gasteiger partial charge in [-0.15, -0.1) is 0 Å². The number of hydrogen-bond donors (Lipinski definition) is 4. The van der Waals surface area contributed by atoms with E-state index in [1.165, 1.54) is 17.7 Å². The van der Waals surface area contributed by atoms with Crippen LogP contribution in [-0.2, 0) is 14.3 Å². The van der Waals surface area contributed by atoms with Gasteiger partial charge in [-0.05, 0) is 63.7 Å². The molecule has 1 aliphatic carbocycles. The summed E-state index contributed by atoms with van der Waals surface area (Å²) in [5.41, 5.74) is 6.70. The molecule has 0 aromatic heterocycles. The predicted molar refractivity (Wildman–Crippen MR) is 113 cm³/mol. The van der Waals surface area contributed by atoms with Crippen LogP contribution >= 0.6 is 0 Å². The molecule has 3 aliphatic heterocycles. The van der Waals surface area contributed by atoms with Gasteiger partial charge in [0.15, 0.2) is 12.3 Å². The Morgan fingerprint density at radius 3 is 2.73 bits per heavy atom. The number of fused-ring (bicyclic) bond motifs is 2. The second kappa shape index (κ2) is 9.51. The highest BCUT2D eigenvalue weighted by atomic mass is 16.5. The maximum Gasteiger partial charge on any atom is 0.234 e. The SMILES string of the molecule is CNC(=O)C1CC2C(=O)N3CCCCC3NC2[NH+](CCC2CCC(OC)CC2)C1N. The lowest BCUT2D eigenvalue weighted by Crippen LogP contribution is -3.26. The van der Waals surface area contributed by atoms with Crippen molar-refractivity contribution in [1.29, 1.82) is 0 Å². The summed E-state index contributed by atoms with van der Waals surface area (Å²) in [6.45, 7) is 1.74. The van der Waals surface area contributed by atoms with Crippen LogP contribution in [0.2, 0.25) is 0 Å². The van der Waals surface area contributed by atoms with Crippen LogP contribution in [-0.4, -0.2) is 68.6 Å². The average molecular weight is 423 g/mol. The van der Waals surface area contributed by atoms with E-state index in [1.807, 2.05) is 4.90 Å². The Bertz CT molecular complexity index is 624. The minimum Gasteiger partial charge on any atom is -0.381 e. The molecule has 4 fully saturated rings. The molecule has 1 saturated carbocycles. The van der Waals surface area contributed by atoms with Crippen molar-refractivity contribution < 1.29 is 19.2 Å². The maximum atomic E-state index is 13.4. The fourth-order valence-corrected chi connectivity index (χ4v) is 6.34. The van der Waals surface area contributed by atoms with Gasteiger partial charge >= 0.3 is 0 Å². The van der Waals surface area contributed by atoms with Gasteiger partial charge in [-0.3, -0.25) is 15.3 Å². The second-order valence-corrected chi connectivity index (χ2v) is 9.77. The van der Waals surface area contributed by atoms with Gasteiger partial charge in [-0.2, -0.15) is 0 Å². The molecule has 0 spiro atoms. The number of nitrogens with two attached hydrogens (primary N) is 1. The first-order chi connectivity index (χ1) is 14.5. The number of rotatable bonds is 5. The zero-order valence-corrected chi connectivity index (χ0v) is 18.6. The van der Waals surface area contributed by atoms with E-state index < -0.39 is 0 Å². The third-order valence-corrected chi connectivity index (χ3v) is 8.20. The topological polar surface area (TPSA) is 101 Å². The molecule has 4 aliphatic rings. The molecule has 0 aromatic rings. The number of nitrogens with one attached hydrogen (secondary N) is 3. The largest absolute Gasteiger partial charge is 0.381 e. The quantitative estimate of drug-likeness (QED) is 0.474. The molecule has 0 aromatic carbocycles. The molecule has 8 nitrogen and oxygen atoms in total. The van der Waals surface area contributed by atoms with Crippen LogP contribution in [0.5, 0.6) is 0 Å². The number of nitrogens with zero attached hydrogens (tertiary/aromatic N) is 1. The molecule has 5 N–H and O–H groups in total. The molecule has 30 heavy (non-hydrogen) atoms. The Balaban J connectivity index is 1.48. The number of hydrogen-bond acceptors (Lipinski definition) is 5. The fraction of sp³-hybridized carbons (Fsp3) is 0.909. The monoisotopic (exact) mass is 422 g/mol. The van der Waals surface area contributed by atoms with Gasteiger partial charge < -0.3 is 19.9 Å². The highest BCUT2D eigenvalue weighted by molar-refractivity contribution is 5.83. The van der Waals surface area contributed by atoms with Crippen molar-refractivity contribution in [2.75, 3.05) is 27.2 Å². The second-order valence-electron chi connectivity index (χ2n) is 9.77. The first-order valence-electron chi connectivity index (χ1n) is 12.0. The van der Waals surface area contributed by atoms with Crippen LogP contribution in [0.15, 0.2) is 0 Å². The third kappa shape index (κ3) is 4.24. The summed E-state index contributed by atoms with van der Waals surface area (Å²) in [7, 11) is 3.47. The Labute approximate surface area is 180 Å². The van der Waals surface area contributed by atoms with Crippen LogP contribution in [0, 0.1) is 17.8 Å². The van der Waals surface area contributed by atoms with Gasteiger partial charge in [-0.1, -0.05) is 0 Å². The van der Waals surface area contributed by atoms with Crippen molar-refractivity contribution in [2.24, 2.45) is 23.5 Å². The van der Waals surface area contributed by atoms with Gasteiger partial charge in [0.2, 0.25) is 11.8 Å². The summed E-state index contributed by atoms with van der Waals surface area (Å²) in [6, 6.07) is 0. The average Bonchev–Trinajstić information content (AvgIpc) is 2.78. The van der Waals surface area contributed by atoms with E-state index in [-0.39, 0.29) is 42.1 Å². The standard InChI is InChI=1S/C22H39N5O3/c1-24-21(28)16-13-17-20(25-18-5-3-4-11-26(18)22(17)29)27(19(16)23)12-10-14-6-8-15(30-2)9-7-14/h14-20,25H,3-13,23H2,1-2H3,(H,24,28)/p+1. The molecule has 2 amide bonds. The number of amides is 2. The Kier molecular flexibility index (Phi) is 6.97. The lowest BCUT2D eigenvalue weighted by molar-refractivity contribution is -0.965. The first kappa shape index (κ1) is 22.0. The smallest absolute Gasteiger partial charge is 0.234 e.